The molecule has 0 unspecified atom stereocenters. The Kier molecular flexibility index (Phi) is 7.48. The van der Waals surface area contributed by atoms with Crippen molar-refractivity contribution in [3.05, 3.63) is 85.8 Å². The van der Waals surface area contributed by atoms with Gasteiger partial charge in [-0.2, -0.15) is 0 Å². The predicted octanol–water partition coefficient (Wildman–Crippen LogP) is 6.65. The summed E-state index contributed by atoms with van der Waals surface area (Å²) in [5.74, 6) is 0.229. The number of carbonyl (C=O) groups is 1. The van der Waals surface area contributed by atoms with E-state index in [1.807, 2.05) is 18.2 Å². The molecule has 3 aromatic carbocycles. The molecule has 3 aromatic rings. The number of ether oxygens (including phenoxy) is 2. The Morgan fingerprint density at radius 1 is 1.03 bits per heavy atom. The van der Waals surface area contributed by atoms with Gasteiger partial charge in [0.1, 0.15) is 6.61 Å². The minimum absolute atomic E-state index is 0.242. The maximum Gasteiger partial charge on any atom is 0.335 e. The van der Waals surface area contributed by atoms with E-state index in [1.54, 1.807) is 43.5 Å². The molecule has 0 atom stereocenters. The Hall–Kier alpha value is -2.41. The van der Waals surface area contributed by atoms with E-state index >= 15 is 0 Å². The maximum atomic E-state index is 10.9. The van der Waals surface area contributed by atoms with Gasteiger partial charge in [0.25, 0.3) is 0 Å². The molecule has 30 heavy (non-hydrogen) atoms. The summed E-state index contributed by atoms with van der Waals surface area (Å²) < 4.78 is 12.2. The Morgan fingerprint density at radius 3 is 2.40 bits per heavy atom. The number of methoxy groups -OCH3 is 1. The zero-order valence-corrected chi connectivity index (χ0v) is 19.0. The van der Waals surface area contributed by atoms with Crippen LogP contribution in [0.3, 0.4) is 0 Å². The molecule has 0 fully saturated rings. The SMILES string of the molecule is COc1cc(CNc2ccc(C(=O)O)cc2)c(Br)cc1OCc1ccc(Cl)c(Cl)c1. The van der Waals surface area contributed by atoms with Gasteiger partial charge in [-0.15, -0.1) is 0 Å². The number of benzene rings is 3. The van der Waals surface area contributed by atoms with Crippen molar-refractivity contribution < 1.29 is 19.4 Å². The number of nitrogens with one attached hydrogen (secondary N) is 1. The van der Waals surface area contributed by atoms with E-state index < -0.39 is 5.97 Å². The monoisotopic (exact) mass is 509 g/mol. The summed E-state index contributed by atoms with van der Waals surface area (Å²) in [6.45, 7) is 0.823. The Bertz CT molecular complexity index is 1060. The molecule has 0 aliphatic heterocycles. The summed E-state index contributed by atoms with van der Waals surface area (Å²) in [7, 11) is 1.58. The highest BCUT2D eigenvalue weighted by molar-refractivity contribution is 9.10. The fourth-order valence-corrected chi connectivity index (χ4v) is 3.49. The van der Waals surface area contributed by atoms with Crippen LogP contribution in [0.1, 0.15) is 21.5 Å². The maximum absolute atomic E-state index is 10.9. The quantitative estimate of drug-likeness (QED) is 0.355. The van der Waals surface area contributed by atoms with Crippen LogP contribution in [0.5, 0.6) is 11.5 Å². The summed E-state index contributed by atoms with van der Waals surface area (Å²) in [6, 6.07) is 15.6. The number of aromatic carboxylic acids is 1. The van der Waals surface area contributed by atoms with E-state index in [-0.39, 0.29) is 5.56 Å². The lowest BCUT2D eigenvalue weighted by molar-refractivity contribution is 0.0697. The van der Waals surface area contributed by atoms with Gasteiger partial charge in [-0.05, 0) is 59.7 Å². The minimum atomic E-state index is -0.953. The van der Waals surface area contributed by atoms with Crippen molar-refractivity contribution in [1.82, 2.24) is 0 Å². The lowest BCUT2D eigenvalue weighted by Gasteiger charge is -2.15. The summed E-state index contributed by atoms with van der Waals surface area (Å²) in [5.41, 5.74) is 2.90. The largest absolute Gasteiger partial charge is 0.493 e. The summed E-state index contributed by atoms with van der Waals surface area (Å²) >= 11 is 15.6. The molecular formula is C22H18BrCl2NO4. The number of anilines is 1. The highest BCUT2D eigenvalue weighted by atomic mass is 79.9. The second-order valence-electron chi connectivity index (χ2n) is 6.37. The molecule has 0 radical (unpaired) electrons. The normalized spacial score (nSPS) is 10.5. The van der Waals surface area contributed by atoms with Gasteiger partial charge in [0.15, 0.2) is 11.5 Å². The van der Waals surface area contributed by atoms with Gasteiger partial charge in [-0.25, -0.2) is 4.79 Å². The molecule has 0 bridgehead atoms. The van der Waals surface area contributed by atoms with E-state index in [2.05, 4.69) is 21.2 Å². The van der Waals surface area contributed by atoms with Crippen LogP contribution in [0.2, 0.25) is 10.0 Å². The fourth-order valence-electron chi connectivity index (χ4n) is 2.70. The van der Waals surface area contributed by atoms with Crippen LogP contribution in [-0.4, -0.2) is 18.2 Å². The molecule has 3 rings (SSSR count). The lowest BCUT2D eigenvalue weighted by Crippen LogP contribution is -2.03. The van der Waals surface area contributed by atoms with Gasteiger partial charge < -0.3 is 19.9 Å². The fraction of sp³-hybridized carbons (Fsp3) is 0.136. The van der Waals surface area contributed by atoms with E-state index in [4.69, 9.17) is 37.8 Å². The van der Waals surface area contributed by atoms with Crippen molar-refractivity contribution in [1.29, 1.82) is 0 Å². The second-order valence-corrected chi connectivity index (χ2v) is 8.04. The highest BCUT2D eigenvalue weighted by Gasteiger charge is 2.12. The van der Waals surface area contributed by atoms with Gasteiger partial charge in [0.05, 0.1) is 22.7 Å². The Morgan fingerprint density at radius 2 is 1.77 bits per heavy atom. The number of halogens is 3. The van der Waals surface area contributed by atoms with Gasteiger partial charge in [0, 0.05) is 16.7 Å². The average molecular weight is 511 g/mol. The van der Waals surface area contributed by atoms with Gasteiger partial charge in [-0.1, -0.05) is 45.2 Å². The molecule has 0 amide bonds. The highest BCUT2D eigenvalue weighted by Crippen LogP contribution is 2.35. The first kappa shape index (κ1) is 22.3. The Labute approximate surface area is 192 Å². The van der Waals surface area contributed by atoms with E-state index in [1.165, 1.54) is 0 Å². The molecule has 0 heterocycles. The topological polar surface area (TPSA) is 67.8 Å². The van der Waals surface area contributed by atoms with E-state index in [0.29, 0.717) is 34.7 Å². The van der Waals surface area contributed by atoms with Gasteiger partial charge in [0.2, 0.25) is 0 Å². The number of hydrogen-bond donors (Lipinski definition) is 2. The van der Waals surface area contributed by atoms with Crippen LogP contribution in [0, 0.1) is 0 Å². The van der Waals surface area contributed by atoms with Crippen molar-refractivity contribution in [2.24, 2.45) is 0 Å². The summed E-state index contributed by atoms with van der Waals surface area (Å²) in [6.07, 6.45) is 0. The molecule has 2 N–H and O–H groups in total. The molecule has 0 aromatic heterocycles. The lowest BCUT2D eigenvalue weighted by atomic mass is 10.1. The standard InChI is InChI=1S/C22H18BrCl2NO4/c1-29-20-9-15(11-26-16-5-3-14(4-6-16)22(27)28)17(23)10-21(20)30-12-13-2-7-18(24)19(25)8-13/h2-10,26H,11-12H2,1H3,(H,27,28). The van der Waals surface area contributed by atoms with Crippen LogP contribution < -0.4 is 14.8 Å². The van der Waals surface area contributed by atoms with Gasteiger partial charge >= 0.3 is 5.97 Å². The van der Waals surface area contributed by atoms with Crippen LogP contribution in [0.4, 0.5) is 5.69 Å². The summed E-state index contributed by atoms with van der Waals surface area (Å²) in [4.78, 5) is 10.9. The first-order valence-electron chi connectivity index (χ1n) is 8.87. The third-order valence-electron chi connectivity index (χ3n) is 4.33. The molecule has 0 spiro atoms. The van der Waals surface area contributed by atoms with E-state index in [9.17, 15) is 4.79 Å². The van der Waals surface area contributed by atoms with Crippen molar-refractivity contribution in [2.45, 2.75) is 13.2 Å². The first-order chi connectivity index (χ1) is 14.4. The minimum Gasteiger partial charge on any atom is -0.493 e. The second kappa shape index (κ2) is 10.1. The molecular weight excluding hydrogens is 493 g/mol. The average Bonchev–Trinajstić information content (AvgIpc) is 2.74. The van der Waals surface area contributed by atoms with Crippen LogP contribution in [0.15, 0.2) is 59.1 Å². The predicted molar refractivity (Wildman–Crippen MR) is 122 cm³/mol. The summed E-state index contributed by atoms with van der Waals surface area (Å²) in [5, 5.41) is 13.2. The smallest absolute Gasteiger partial charge is 0.335 e. The molecule has 8 heteroatoms. The van der Waals surface area contributed by atoms with Crippen LogP contribution in [-0.2, 0) is 13.2 Å². The molecule has 156 valence electrons. The van der Waals surface area contributed by atoms with Gasteiger partial charge in [-0.3, -0.25) is 0 Å². The van der Waals surface area contributed by atoms with Crippen molar-refractivity contribution >= 4 is 50.8 Å². The van der Waals surface area contributed by atoms with Crippen LogP contribution >= 0.6 is 39.1 Å². The zero-order valence-electron chi connectivity index (χ0n) is 15.9. The number of carboxylic acids is 1. The van der Waals surface area contributed by atoms with Crippen molar-refractivity contribution in [3.8, 4) is 11.5 Å². The van der Waals surface area contributed by atoms with Crippen LogP contribution in [0.25, 0.3) is 0 Å². The number of rotatable bonds is 8. The first-order valence-corrected chi connectivity index (χ1v) is 10.4. The van der Waals surface area contributed by atoms with E-state index in [0.717, 1.165) is 21.3 Å². The van der Waals surface area contributed by atoms with Crippen molar-refractivity contribution in [3.63, 3.8) is 0 Å². The molecule has 0 aliphatic carbocycles. The molecule has 0 aliphatic rings. The number of carboxylic acid groups (broad SMARTS) is 1. The van der Waals surface area contributed by atoms with Crippen molar-refractivity contribution in [2.75, 3.05) is 12.4 Å². The third kappa shape index (κ3) is 5.59. The Balaban J connectivity index is 1.69. The third-order valence-corrected chi connectivity index (χ3v) is 5.80. The molecule has 0 saturated carbocycles. The zero-order chi connectivity index (χ0) is 21.7. The molecule has 5 nitrogen and oxygen atoms in total. The number of hydrogen-bond acceptors (Lipinski definition) is 4. The molecule has 0 saturated heterocycles.